The van der Waals surface area contributed by atoms with E-state index in [4.69, 9.17) is 24.7 Å². The molecule has 0 aliphatic rings. The number of nitrogens with zero attached hydrogens (tertiary/aromatic N) is 1. The molecule has 0 spiro atoms. The monoisotopic (exact) mass is 442 g/mol. The highest BCUT2D eigenvalue weighted by molar-refractivity contribution is 7.13. The average Bonchev–Trinajstić information content (AvgIpc) is 3.26. The number of methoxy groups -OCH3 is 1. The van der Waals surface area contributed by atoms with Crippen LogP contribution in [0.15, 0.2) is 47.8 Å². The number of rotatable bonds is 10. The molecule has 1 aromatic heterocycles. The Bertz CT molecular complexity index is 1050. The lowest BCUT2D eigenvalue weighted by atomic mass is 10.2. The maximum atomic E-state index is 12.3. The van der Waals surface area contributed by atoms with Gasteiger partial charge in [0.1, 0.15) is 17.4 Å². The summed E-state index contributed by atoms with van der Waals surface area (Å²) in [6.07, 6.45) is 0. The van der Waals surface area contributed by atoms with Gasteiger partial charge in [0.05, 0.1) is 25.0 Å². The lowest BCUT2D eigenvalue weighted by Crippen LogP contribution is -2.20. The number of primary amides is 1. The van der Waals surface area contributed by atoms with Gasteiger partial charge in [-0.05, 0) is 49.4 Å². The van der Waals surface area contributed by atoms with Crippen molar-refractivity contribution in [1.29, 1.82) is 0 Å². The van der Waals surface area contributed by atoms with Gasteiger partial charge in [-0.1, -0.05) is 0 Å². The number of carbonyl (C=O) groups excluding carboxylic acids is 2. The Morgan fingerprint density at radius 2 is 1.84 bits per heavy atom. The van der Waals surface area contributed by atoms with Crippen LogP contribution in [-0.4, -0.2) is 37.2 Å². The number of amides is 1. The summed E-state index contributed by atoms with van der Waals surface area (Å²) < 4.78 is 21.4. The van der Waals surface area contributed by atoms with Crippen molar-refractivity contribution in [2.24, 2.45) is 5.73 Å². The average molecular weight is 442 g/mol. The first kappa shape index (κ1) is 22.1. The minimum Gasteiger partial charge on any atom is -0.493 e. The van der Waals surface area contributed by atoms with E-state index in [1.807, 2.05) is 30.5 Å². The van der Waals surface area contributed by atoms with E-state index in [-0.39, 0.29) is 13.2 Å². The molecule has 0 radical (unpaired) electrons. The van der Waals surface area contributed by atoms with Crippen molar-refractivity contribution in [3.05, 3.63) is 59.1 Å². The van der Waals surface area contributed by atoms with E-state index >= 15 is 0 Å². The van der Waals surface area contributed by atoms with Crippen LogP contribution in [0, 0.1) is 0 Å². The van der Waals surface area contributed by atoms with Gasteiger partial charge in [0.2, 0.25) is 0 Å². The maximum absolute atomic E-state index is 12.3. The molecule has 9 heteroatoms. The molecular formula is C22H22N2O6S. The number of carbonyl (C=O) groups is 2. The van der Waals surface area contributed by atoms with Gasteiger partial charge in [0, 0.05) is 10.9 Å². The SMILES string of the molecule is CCOc1ccc(-c2nc(COC(=O)c3ccc(OCC(N)=O)cc3)cs2)cc1OC. The fraction of sp³-hybridized carbons (Fsp3) is 0.227. The standard InChI is InChI=1S/C22H22N2O6S/c1-3-28-18-9-6-15(10-19(18)27-2)21-24-16(13-31-21)11-30-22(26)14-4-7-17(8-5-14)29-12-20(23)25/h4-10,13H,3,11-12H2,1-2H3,(H2,23,25). The van der Waals surface area contributed by atoms with E-state index in [2.05, 4.69) is 4.98 Å². The molecular weight excluding hydrogens is 420 g/mol. The topological polar surface area (TPSA) is 110 Å². The van der Waals surface area contributed by atoms with Crippen LogP contribution in [0.3, 0.4) is 0 Å². The van der Waals surface area contributed by atoms with Gasteiger partial charge in [0.25, 0.3) is 5.91 Å². The molecule has 0 aliphatic carbocycles. The van der Waals surface area contributed by atoms with Crippen molar-refractivity contribution in [2.75, 3.05) is 20.3 Å². The summed E-state index contributed by atoms with van der Waals surface area (Å²) >= 11 is 1.45. The van der Waals surface area contributed by atoms with Crippen molar-refractivity contribution in [1.82, 2.24) is 4.98 Å². The third kappa shape index (κ3) is 5.95. The number of nitrogens with two attached hydrogens (primary N) is 1. The number of hydrogen-bond acceptors (Lipinski definition) is 8. The number of hydrogen-bond donors (Lipinski definition) is 1. The third-order valence-electron chi connectivity index (χ3n) is 4.08. The predicted octanol–water partition coefficient (Wildman–Crippen LogP) is 3.44. The fourth-order valence-corrected chi connectivity index (χ4v) is 3.45. The molecule has 2 N–H and O–H groups in total. The minimum atomic E-state index is -0.574. The summed E-state index contributed by atoms with van der Waals surface area (Å²) in [4.78, 5) is 27.5. The molecule has 8 nitrogen and oxygen atoms in total. The van der Waals surface area contributed by atoms with E-state index in [1.54, 1.807) is 31.4 Å². The zero-order chi connectivity index (χ0) is 22.2. The molecule has 1 heterocycles. The molecule has 162 valence electrons. The first-order valence-electron chi connectivity index (χ1n) is 9.44. The molecule has 3 aromatic rings. The summed E-state index contributed by atoms with van der Waals surface area (Å²) in [5, 5.41) is 2.62. The first-order valence-corrected chi connectivity index (χ1v) is 10.3. The van der Waals surface area contributed by atoms with E-state index in [9.17, 15) is 9.59 Å². The second-order valence-electron chi connectivity index (χ2n) is 6.30. The first-order chi connectivity index (χ1) is 15.0. The highest BCUT2D eigenvalue weighted by Crippen LogP contribution is 2.33. The Hall–Kier alpha value is -3.59. The van der Waals surface area contributed by atoms with Crippen molar-refractivity contribution < 1.29 is 28.5 Å². The molecule has 31 heavy (non-hydrogen) atoms. The van der Waals surface area contributed by atoms with Crippen LogP contribution in [0.2, 0.25) is 0 Å². The van der Waals surface area contributed by atoms with E-state index in [0.717, 1.165) is 10.6 Å². The third-order valence-corrected chi connectivity index (χ3v) is 5.02. The quantitative estimate of drug-likeness (QED) is 0.479. The molecule has 0 saturated carbocycles. The normalized spacial score (nSPS) is 10.4. The Kier molecular flexibility index (Phi) is 7.45. The van der Waals surface area contributed by atoms with Crippen LogP contribution >= 0.6 is 11.3 Å². The number of benzene rings is 2. The number of aromatic nitrogens is 1. The zero-order valence-electron chi connectivity index (χ0n) is 17.1. The molecule has 3 rings (SSSR count). The minimum absolute atomic E-state index is 0.0451. The van der Waals surface area contributed by atoms with E-state index in [1.165, 1.54) is 11.3 Å². The maximum Gasteiger partial charge on any atom is 0.338 e. The van der Waals surface area contributed by atoms with Crippen molar-refractivity contribution in [3.8, 4) is 27.8 Å². The van der Waals surface area contributed by atoms with Crippen LogP contribution < -0.4 is 19.9 Å². The van der Waals surface area contributed by atoms with Gasteiger partial charge in [-0.15, -0.1) is 11.3 Å². The van der Waals surface area contributed by atoms with Crippen LogP contribution in [0.1, 0.15) is 23.0 Å². The second-order valence-corrected chi connectivity index (χ2v) is 7.16. The lowest BCUT2D eigenvalue weighted by molar-refractivity contribution is -0.119. The van der Waals surface area contributed by atoms with Crippen LogP contribution in [0.5, 0.6) is 17.2 Å². The summed E-state index contributed by atoms with van der Waals surface area (Å²) in [7, 11) is 1.59. The van der Waals surface area contributed by atoms with Crippen molar-refractivity contribution >= 4 is 23.2 Å². The van der Waals surface area contributed by atoms with Crippen LogP contribution in [0.25, 0.3) is 10.6 Å². The lowest BCUT2D eigenvalue weighted by Gasteiger charge is -2.10. The Labute approximate surface area is 183 Å². The Morgan fingerprint density at radius 1 is 1.06 bits per heavy atom. The number of ether oxygens (including phenoxy) is 4. The summed E-state index contributed by atoms with van der Waals surface area (Å²) in [6, 6.07) is 11.9. The van der Waals surface area contributed by atoms with Gasteiger partial charge in [-0.2, -0.15) is 0 Å². The molecule has 0 fully saturated rings. The molecule has 2 aromatic carbocycles. The molecule has 0 saturated heterocycles. The summed E-state index contributed by atoms with van der Waals surface area (Å²) in [6.45, 7) is 2.28. The predicted molar refractivity (Wildman–Crippen MR) is 116 cm³/mol. The van der Waals surface area contributed by atoms with Crippen LogP contribution in [0.4, 0.5) is 0 Å². The van der Waals surface area contributed by atoms with Crippen LogP contribution in [-0.2, 0) is 16.1 Å². The smallest absolute Gasteiger partial charge is 0.338 e. The molecule has 0 atom stereocenters. The second kappa shape index (κ2) is 10.4. The largest absolute Gasteiger partial charge is 0.493 e. The van der Waals surface area contributed by atoms with Gasteiger partial charge in [-0.25, -0.2) is 9.78 Å². The molecule has 0 aliphatic heterocycles. The van der Waals surface area contributed by atoms with E-state index < -0.39 is 11.9 Å². The van der Waals surface area contributed by atoms with Gasteiger partial charge >= 0.3 is 5.97 Å². The van der Waals surface area contributed by atoms with Gasteiger partial charge in [0.15, 0.2) is 18.1 Å². The zero-order valence-corrected chi connectivity index (χ0v) is 17.9. The summed E-state index contributed by atoms with van der Waals surface area (Å²) in [5.41, 5.74) is 6.91. The van der Waals surface area contributed by atoms with E-state index in [0.29, 0.717) is 35.1 Å². The highest BCUT2D eigenvalue weighted by atomic mass is 32.1. The highest BCUT2D eigenvalue weighted by Gasteiger charge is 2.12. The molecule has 1 amide bonds. The van der Waals surface area contributed by atoms with Gasteiger partial charge < -0.3 is 24.7 Å². The summed E-state index contributed by atoms with van der Waals surface area (Å²) in [5.74, 6) is 0.676. The van der Waals surface area contributed by atoms with Gasteiger partial charge in [-0.3, -0.25) is 4.79 Å². The Morgan fingerprint density at radius 3 is 2.52 bits per heavy atom. The van der Waals surface area contributed by atoms with Crippen molar-refractivity contribution in [2.45, 2.75) is 13.5 Å². The fourth-order valence-electron chi connectivity index (χ4n) is 2.65. The molecule has 0 unspecified atom stereocenters. The van der Waals surface area contributed by atoms with Crippen molar-refractivity contribution in [3.63, 3.8) is 0 Å². The molecule has 0 bridgehead atoms. The number of thiazole rings is 1. The Balaban J connectivity index is 1.60. The number of esters is 1.